The number of fused-ring (bicyclic) bond motifs is 4. The Kier molecular flexibility index (Phi) is 5.33. The molecule has 2 atom stereocenters. The molecule has 29 heavy (non-hydrogen) atoms. The number of nitrogens with zero attached hydrogens (tertiary/aromatic N) is 2. The highest BCUT2D eigenvalue weighted by molar-refractivity contribution is 5.91. The molecule has 1 fully saturated rings. The number of halogens is 1. The topological polar surface area (TPSA) is 83.4 Å². The monoisotopic (exact) mass is 398 g/mol. The second-order valence-corrected chi connectivity index (χ2v) is 7.64. The first-order valence-electron chi connectivity index (χ1n) is 9.77. The van der Waals surface area contributed by atoms with E-state index >= 15 is 0 Å². The highest BCUT2D eigenvalue weighted by Gasteiger charge is 2.36. The van der Waals surface area contributed by atoms with Gasteiger partial charge in [0.2, 0.25) is 5.91 Å². The fourth-order valence-electron chi connectivity index (χ4n) is 4.21. The van der Waals surface area contributed by atoms with Gasteiger partial charge in [-0.25, -0.2) is 9.18 Å². The maximum Gasteiger partial charge on any atom is 0.317 e. The molecule has 152 valence electrons. The number of aromatic nitrogens is 1. The van der Waals surface area contributed by atoms with Crippen molar-refractivity contribution in [1.82, 2.24) is 14.8 Å². The van der Waals surface area contributed by atoms with E-state index in [-0.39, 0.29) is 48.1 Å². The van der Waals surface area contributed by atoms with Crippen LogP contribution in [-0.4, -0.2) is 41.0 Å². The van der Waals surface area contributed by atoms with Gasteiger partial charge in [0, 0.05) is 56.0 Å². The molecule has 3 heterocycles. The Labute approximate surface area is 167 Å². The van der Waals surface area contributed by atoms with Crippen LogP contribution in [0.5, 0.6) is 0 Å². The number of urea groups is 1. The van der Waals surface area contributed by atoms with E-state index in [4.69, 9.17) is 0 Å². The van der Waals surface area contributed by atoms with Crippen molar-refractivity contribution in [1.29, 1.82) is 0 Å². The van der Waals surface area contributed by atoms with Crippen LogP contribution in [-0.2, 0) is 11.3 Å². The molecule has 1 aromatic heterocycles. The minimum atomic E-state index is -0.367. The molecule has 1 unspecified atom stereocenters. The van der Waals surface area contributed by atoms with Crippen molar-refractivity contribution in [3.8, 4) is 0 Å². The van der Waals surface area contributed by atoms with Gasteiger partial charge in [0.1, 0.15) is 5.82 Å². The molecule has 0 saturated carbocycles. The molecule has 2 N–H and O–H groups in total. The number of nitrogens with one attached hydrogen (secondary N) is 2. The summed E-state index contributed by atoms with van der Waals surface area (Å²) in [4.78, 5) is 38.4. The third-order valence-electron chi connectivity index (χ3n) is 5.52. The summed E-state index contributed by atoms with van der Waals surface area (Å²) in [6.07, 6.45) is 1.11. The molecule has 1 aromatic carbocycles. The third kappa shape index (κ3) is 4.31. The number of hydrogen-bond acceptors (Lipinski definition) is 3. The Morgan fingerprint density at radius 1 is 1.07 bits per heavy atom. The molecule has 2 aliphatic rings. The van der Waals surface area contributed by atoms with Gasteiger partial charge >= 0.3 is 6.03 Å². The molecular formula is C21H23FN4O3. The SMILES string of the molecule is O=C(CCNC(=O)N1CC2C[C@H](C1)Cn1c2cccc1=O)Nc1ccc(F)cc1. The average molecular weight is 398 g/mol. The van der Waals surface area contributed by atoms with E-state index in [1.54, 1.807) is 17.0 Å². The minimum Gasteiger partial charge on any atom is -0.337 e. The highest BCUT2D eigenvalue weighted by atomic mass is 19.1. The fourth-order valence-corrected chi connectivity index (χ4v) is 4.21. The molecule has 4 rings (SSSR count). The van der Waals surface area contributed by atoms with Gasteiger partial charge in [-0.3, -0.25) is 9.59 Å². The van der Waals surface area contributed by atoms with Crippen molar-refractivity contribution in [3.05, 3.63) is 64.3 Å². The van der Waals surface area contributed by atoms with Gasteiger partial charge < -0.3 is 20.1 Å². The van der Waals surface area contributed by atoms with Gasteiger partial charge in [-0.2, -0.15) is 0 Å². The number of benzene rings is 1. The first-order valence-corrected chi connectivity index (χ1v) is 9.77. The standard InChI is InChI=1S/C21H23FN4O3/c22-16-4-6-17(7-5-16)24-19(27)8-9-23-21(29)25-11-14-10-15(13-25)18-2-1-3-20(28)26(18)12-14/h1-7,14-15H,8-13H2,(H,23,29)(H,24,27)/t14-,15?/m1/s1. The van der Waals surface area contributed by atoms with Crippen LogP contribution in [0, 0.1) is 11.7 Å². The Balaban J connectivity index is 1.28. The molecule has 2 aliphatic heterocycles. The number of likely N-dealkylation sites (tertiary alicyclic amines) is 1. The van der Waals surface area contributed by atoms with Crippen LogP contribution in [0.3, 0.4) is 0 Å². The first kappa shape index (κ1) is 19.2. The normalized spacial score (nSPS) is 20.0. The number of anilines is 1. The molecular weight excluding hydrogens is 375 g/mol. The van der Waals surface area contributed by atoms with Gasteiger partial charge in [-0.15, -0.1) is 0 Å². The molecule has 0 aliphatic carbocycles. The smallest absolute Gasteiger partial charge is 0.317 e. The predicted octanol–water partition coefficient (Wildman–Crippen LogP) is 2.14. The predicted molar refractivity (Wildman–Crippen MR) is 106 cm³/mol. The Bertz CT molecular complexity index is 973. The largest absolute Gasteiger partial charge is 0.337 e. The van der Waals surface area contributed by atoms with Crippen molar-refractivity contribution in [2.24, 2.45) is 5.92 Å². The number of hydrogen-bond donors (Lipinski definition) is 2. The Morgan fingerprint density at radius 3 is 2.66 bits per heavy atom. The van der Waals surface area contributed by atoms with Gasteiger partial charge in [0.25, 0.3) is 5.56 Å². The lowest BCUT2D eigenvalue weighted by Crippen LogP contribution is -2.52. The summed E-state index contributed by atoms with van der Waals surface area (Å²) >= 11 is 0. The van der Waals surface area contributed by atoms with E-state index in [1.807, 2.05) is 10.6 Å². The van der Waals surface area contributed by atoms with Crippen LogP contribution in [0.1, 0.15) is 24.5 Å². The molecule has 0 radical (unpaired) electrons. The maximum absolute atomic E-state index is 12.9. The molecule has 2 bridgehead atoms. The van der Waals surface area contributed by atoms with E-state index in [1.165, 1.54) is 24.3 Å². The summed E-state index contributed by atoms with van der Waals surface area (Å²) in [6, 6.07) is 10.6. The molecule has 1 saturated heterocycles. The Morgan fingerprint density at radius 2 is 1.86 bits per heavy atom. The van der Waals surface area contributed by atoms with E-state index in [0.717, 1.165) is 12.1 Å². The van der Waals surface area contributed by atoms with E-state index in [0.29, 0.717) is 25.3 Å². The number of carbonyl (C=O) groups is 2. The van der Waals surface area contributed by atoms with Crippen molar-refractivity contribution in [2.75, 3.05) is 25.0 Å². The minimum absolute atomic E-state index is 0.0160. The molecule has 7 nitrogen and oxygen atoms in total. The summed E-state index contributed by atoms with van der Waals surface area (Å²) in [6.45, 7) is 2.02. The summed E-state index contributed by atoms with van der Waals surface area (Å²) in [7, 11) is 0. The maximum atomic E-state index is 12.9. The van der Waals surface area contributed by atoms with Crippen molar-refractivity contribution >= 4 is 17.6 Å². The highest BCUT2D eigenvalue weighted by Crippen LogP contribution is 2.34. The number of piperidine rings is 1. The molecule has 3 amide bonds. The van der Waals surface area contributed by atoms with Crippen LogP contribution in [0.2, 0.25) is 0 Å². The summed E-state index contributed by atoms with van der Waals surface area (Å²) in [5, 5.41) is 5.47. The lowest BCUT2D eigenvalue weighted by molar-refractivity contribution is -0.116. The zero-order valence-corrected chi connectivity index (χ0v) is 15.9. The molecule has 8 heteroatoms. The summed E-state index contributed by atoms with van der Waals surface area (Å²) in [5.74, 6) is -0.201. The lowest BCUT2D eigenvalue weighted by atomic mass is 9.83. The number of amides is 3. The van der Waals surface area contributed by atoms with Crippen LogP contribution in [0.25, 0.3) is 0 Å². The van der Waals surface area contributed by atoms with Crippen molar-refractivity contribution in [3.63, 3.8) is 0 Å². The zero-order valence-electron chi connectivity index (χ0n) is 15.9. The van der Waals surface area contributed by atoms with Crippen LogP contribution in [0.15, 0.2) is 47.3 Å². The van der Waals surface area contributed by atoms with Gasteiger partial charge in [-0.1, -0.05) is 6.07 Å². The second kappa shape index (κ2) is 8.06. The van der Waals surface area contributed by atoms with Crippen molar-refractivity contribution < 1.29 is 14.0 Å². The molecule has 0 spiro atoms. The lowest BCUT2D eigenvalue weighted by Gasteiger charge is -2.42. The van der Waals surface area contributed by atoms with Gasteiger partial charge in [-0.05, 0) is 42.7 Å². The number of pyridine rings is 1. The summed E-state index contributed by atoms with van der Waals surface area (Å²) in [5.41, 5.74) is 1.52. The molecule has 2 aromatic rings. The third-order valence-corrected chi connectivity index (χ3v) is 5.52. The van der Waals surface area contributed by atoms with Crippen LogP contribution >= 0.6 is 0 Å². The average Bonchev–Trinajstić information content (AvgIpc) is 2.70. The number of carbonyl (C=O) groups excluding carboxylic acids is 2. The van der Waals surface area contributed by atoms with E-state index in [2.05, 4.69) is 10.6 Å². The number of rotatable bonds is 4. The summed E-state index contributed by atoms with van der Waals surface area (Å²) < 4.78 is 14.7. The van der Waals surface area contributed by atoms with E-state index < -0.39 is 0 Å². The van der Waals surface area contributed by atoms with Crippen molar-refractivity contribution in [2.45, 2.75) is 25.3 Å². The Hall–Kier alpha value is -3.16. The first-order chi connectivity index (χ1) is 14.0. The van der Waals surface area contributed by atoms with Gasteiger partial charge in [0.15, 0.2) is 0 Å². The van der Waals surface area contributed by atoms with Gasteiger partial charge in [0.05, 0.1) is 0 Å². The quantitative estimate of drug-likeness (QED) is 0.828. The zero-order chi connectivity index (χ0) is 20.4. The van der Waals surface area contributed by atoms with Crippen LogP contribution < -0.4 is 16.2 Å². The fraction of sp³-hybridized carbons (Fsp3) is 0.381. The van der Waals surface area contributed by atoms with Crippen LogP contribution in [0.4, 0.5) is 14.9 Å². The second-order valence-electron chi connectivity index (χ2n) is 7.64. The van der Waals surface area contributed by atoms with E-state index in [9.17, 15) is 18.8 Å².